The Hall–Kier alpha value is -1.16. The third kappa shape index (κ3) is 1.57. The zero-order chi connectivity index (χ0) is 11.1. The topological polar surface area (TPSA) is 50.5 Å². The van der Waals surface area contributed by atoms with E-state index in [0.29, 0.717) is 6.10 Å². The van der Waals surface area contributed by atoms with E-state index in [1.807, 2.05) is 0 Å². The smallest absolute Gasteiger partial charge is 0.145 e. The van der Waals surface area contributed by atoms with Crippen molar-refractivity contribution in [3.05, 3.63) is 22.7 Å². The number of dihydropyridines is 1. The molecule has 2 saturated heterocycles. The van der Waals surface area contributed by atoms with Crippen LogP contribution in [0.5, 0.6) is 0 Å². The summed E-state index contributed by atoms with van der Waals surface area (Å²) in [5.41, 5.74) is 9.54. The molecule has 4 rings (SSSR count). The van der Waals surface area contributed by atoms with Crippen LogP contribution < -0.4 is 11.1 Å². The molecule has 0 aromatic rings. The number of nitrogens with one attached hydrogen (secondary N) is 1. The summed E-state index contributed by atoms with van der Waals surface area (Å²) in [4.78, 5) is 2.26. The number of ether oxygens (including phenoxy) is 1. The molecule has 88 valence electrons. The van der Waals surface area contributed by atoms with Crippen molar-refractivity contribution in [3.63, 3.8) is 0 Å². The van der Waals surface area contributed by atoms with Gasteiger partial charge >= 0.3 is 0 Å². The van der Waals surface area contributed by atoms with E-state index in [2.05, 4.69) is 17.3 Å². The van der Waals surface area contributed by atoms with Crippen molar-refractivity contribution >= 4 is 0 Å². The molecule has 0 amide bonds. The van der Waals surface area contributed by atoms with Crippen LogP contribution in [0.1, 0.15) is 19.3 Å². The van der Waals surface area contributed by atoms with Crippen LogP contribution in [-0.2, 0) is 4.74 Å². The Bertz CT molecular complexity index is 358. The fourth-order valence-corrected chi connectivity index (χ4v) is 2.65. The summed E-state index contributed by atoms with van der Waals surface area (Å²) in [5.74, 6) is 0.990. The molecule has 16 heavy (non-hydrogen) atoms. The molecular formula is C12H19N3O. The van der Waals surface area contributed by atoms with E-state index in [0.717, 1.165) is 43.9 Å². The lowest BCUT2D eigenvalue weighted by Gasteiger charge is -2.37. The molecule has 2 fully saturated rings. The predicted octanol–water partition coefficient (Wildman–Crippen LogP) is 0.528. The van der Waals surface area contributed by atoms with Crippen LogP contribution in [0.25, 0.3) is 0 Å². The van der Waals surface area contributed by atoms with Crippen molar-refractivity contribution in [2.45, 2.75) is 25.4 Å². The standard InChI is InChI=1S/C12H19N3O/c1-15-6-9(7-15)16-12-8-3-2-4-10(11(12)13)14-5-8/h9,14H,2-7,13H2,1H3. The number of hydrogen-bond acceptors (Lipinski definition) is 4. The number of allylic oxidation sites excluding steroid dienone is 1. The molecule has 1 aliphatic carbocycles. The van der Waals surface area contributed by atoms with Crippen LogP contribution in [-0.4, -0.2) is 37.7 Å². The highest BCUT2D eigenvalue weighted by Crippen LogP contribution is 2.31. The molecule has 3 heterocycles. The Balaban J connectivity index is 1.79. The summed E-state index contributed by atoms with van der Waals surface area (Å²) >= 11 is 0. The van der Waals surface area contributed by atoms with Crippen LogP contribution in [0.15, 0.2) is 22.7 Å². The maximum Gasteiger partial charge on any atom is 0.145 e. The first-order valence-electron chi connectivity index (χ1n) is 6.04. The second-order valence-electron chi connectivity index (χ2n) is 4.99. The summed E-state index contributed by atoms with van der Waals surface area (Å²) in [6.07, 6.45) is 3.71. The molecular weight excluding hydrogens is 202 g/mol. The van der Waals surface area contributed by atoms with Crippen LogP contribution in [0.2, 0.25) is 0 Å². The summed E-state index contributed by atoms with van der Waals surface area (Å²) in [6, 6.07) is 0. The maximum atomic E-state index is 6.15. The van der Waals surface area contributed by atoms with E-state index < -0.39 is 0 Å². The molecule has 0 saturated carbocycles. The van der Waals surface area contributed by atoms with Gasteiger partial charge in [-0.2, -0.15) is 0 Å². The Labute approximate surface area is 96.1 Å². The van der Waals surface area contributed by atoms with Crippen molar-refractivity contribution < 1.29 is 4.74 Å². The van der Waals surface area contributed by atoms with Crippen LogP contribution >= 0.6 is 0 Å². The molecule has 2 bridgehead atoms. The lowest BCUT2D eigenvalue weighted by Crippen LogP contribution is -2.50. The molecule has 0 atom stereocenters. The molecule has 4 heteroatoms. The van der Waals surface area contributed by atoms with E-state index in [9.17, 15) is 0 Å². The third-order valence-electron chi connectivity index (χ3n) is 3.63. The SMILES string of the molecule is CN1CC(OC2=C3CCCC(=C2N)NC3)C1. The molecule has 4 aliphatic rings. The van der Waals surface area contributed by atoms with E-state index in [1.54, 1.807) is 0 Å². The van der Waals surface area contributed by atoms with E-state index >= 15 is 0 Å². The van der Waals surface area contributed by atoms with Gasteiger partial charge in [0, 0.05) is 25.3 Å². The Kier molecular flexibility index (Phi) is 2.32. The molecule has 4 nitrogen and oxygen atoms in total. The quantitative estimate of drug-likeness (QED) is 0.714. The maximum absolute atomic E-state index is 6.15. The second kappa shape index (κ2) is 3.70. The van der Waals surface area contributed by atoms with E-state index in [4.69, 9.17) is 10.5 Å². The lowest BCUT2D eigenvalue weighted by atomic mass is 10.1. The highest BCUT2D eigenvalue weighted by molar-refractivity contribution is 5.39. The summed E-state index contributed by atoms with van der Waals surface area (Å²) in [6.45, 7) is 2.97. The minimum absolute atomic E-state index is 0.339. The first-order chi connectivity index (χ1) is 7.74. The van der Waals surface area contributed by atoms with E-state index in [-0.39, 0.29) is 0 Å². The van der Waals surface area contributed by atoms with Gasteiger partial charge in [0.1, 0.15) is 11.9 Å². The van der Waals surface area contributed by atoms with Gasteiger partial charge in [0.05, 0.1) is 5.70 Å². The van der Waals surface area contributed by atoms with Crippen LogP contribution in [0, 0.1) is 0 Å². The van der Waals surface area contributed by atoms with Gasteiger partial charge in [-0.05, 0) is 31.9 Å². The van der Waals surface area contributed by atoms with Gasteiger partial charge < -0.3 is 15.8 Å². The van der Waals surface area contributed by atoms with Crippen LogP contribution in [0.3, 0.4) is 0 Å². The second-order valence-corrected chi connectivity index (χ2v) is 4.99. The first-order valence-corrected chi connectivity index (χ1v) is 6.04. The third-order valence-corrected chi connectivity index (χ3v) is 3.63. The number of fused-ring (bicyclic) bond motifs is 4. The largest absolute Gasteiger partial charge is 0.485 e. The minimum atomic E-state index is 0.339. The van der Waals surface area contributed by atoms with Crippen molar-refractivity contribution in [2.24, 2.45) is 5.73 Å². The van der Waals surface area contributed by atoms with Gasteiger partial charge in [0.2, 0.25) is 0 Å². The Morgan fingerprint density at radius 2 is 2.19 bits per heavy atom. The van der Waals surface area contributed by atoms with E-state index in [1.165, 1.54) is 17.7 Å². The predicted molar refractivity (Wildman–Crippen MR) is 62.5 cm³/mol. The fraction of sp³-hybridized carbons (Fsp3) is 0.667. The van der Waals surface area contributed by atoms with Gasteiger partial charge in [-0.1, -0.05) is 0 Å². The average molecular weight is 221 g/mol. The zero-order valence-electron chi connectivity index (χ0n) is 9.75. The van der Waals surface area contributed by atoms with Gasteiger partial charge in [-0.25, -0.2) is 0 Å². The normalized spacial score (nSPS) is 26.6. The first kappa shape index (κ1) is 10.0. The molecule has 0 aromatic carbocycles. The highest BCUT2D eigenvalue weighted by Gasteiger charge is 2.30. The number of hydrogen-bond donors (Lipinski definition) is 2. The fourth-order valence-electron chi connectivity index (χ4n) is 2.65. The van der Waals surface area contributed by atoms with Crippen molar-refractivity contribution in [2.75, 3.05) is 26.7 Å². The average Bonchev–Trinajstić information content (AvgIpc) is 2.52. The number of likely N-dealkylation sites (tertiary alicyclic amines) is 1. The Morgan fingerprint density at radius 3 is 2.94 bits per heavy atom. The highest BCUT2D eigenvalue weighted by atomic mass is 16.5. The summed E-state index contributed by atoms with van der Waals surface area (Å²) in [5, 5.41) is 3.39. The molecule has 3 aliphatic heterocycles. The number of nitrogens with two attached hydrogens (primary N) is 1. The number of nitrogens with zero attached hydrogens (tertiary/aromatic N) is 1. The van der Waals surface area contributed by atoms with Gasteiger partial charge in [0.25, 0.3) is 0 Å². The molecule has 0 aromatic heterocycles. The molecule has 0 unspecified atom stereocenters. The Morgan fingerprint density at radius 1 is 1.38 bits per heavy atom. The van der Waals surface area contributed by atoms with Gasteiger partial charge in [-0.15, -0.1) is 0 Å². The lowest BCUT2D eigenvalue weighted by molar-refractivity contribution is -0.00615. The van der Waals surface area contributed by atoms with Crippen molar-refractivity contribution in [3.8, 4) is 0 Å². The number of rotatable bonds is 2. The van der Waals surface area contributed by atoms with Crippen molar-refractivity contribution in [1.82, 2.24) is 10.2 Å². The summed E-state index contributed by atoms with van der Waals surface area (Å²) < 4.78 is 6.04. The summed E-state index contributed by atoms with van der Waals surface area (Å²) in [7, 11) is 2.11. The molecule has 0 spiro atoms. The van der Waals surface area contributed by atoms with Gasteiger partial charge in [0.15, 0.2) is 0 Å². The van der Waals surface area contributed by atoms with Crippen LogP contribution in [0.4, 0.5) is 0 Å². The molecule has 3 N–H and O–H groups in total. The molecule has 0 radical (unpaired) electrons. The van der Waals surface area contributed by atoms with Gasteiger partial charge in [-0.3, -0.25) is 4.90 Å². The zero-order valence-corrected chi connectivity index (χ0v) is 9.75. The monoisotopic (exact) mass is 221 g/mol. The minimum Gasteiger partial charge on any atom is -0.485 e. The number of likely N-dealkylation sites (N-methyl/N-ethyl adjacent to an activating group) is 1. The van der Waals surface area contributed by atoms with Crippen molar-refractivity contribution in [1.29, 1.82) is 0 Å².